The van der Waals surface area contributed by atoms with Gasteiger partial charge in [0.1, 0.15) is 17.8 Å². The topological polar surface area (TPSA) is 62.6 Å². The highest BCUT2D eigenvalue weighted by atomic mass is 79.9. The monoisotopic (exact) mass is 394 g/mol. The summed E-state index contributed by atoms with van der Waals surface area (Å²) in [5.74, 6) is 0.943. The number of aromatic amines is 1. The zero-order valence-corrected chi connectivity index (χ0v) is 14.9. The molecule has 6 nitrogen and oxygen atoms in total. The zero-order valence-electron chi connectivity index (χ0n) is 13.3. The number of nitrogens with one attached hydrogen (secondary N) is 1. The van der Waals surface area contributed by atoms with Crippen LogP contribution in [0.1, 0.15) is 17.2 Å². The van der Waals surface area contributed by atoms with E-state index in [-0.39, 0.29) is 6.04 Å². The van der Waals surface area contributed by atoms with Crippen molar-refractivity contribution >= 4 is 32.8 Å². The summed E-state index contributed by atoms with van der Waals surface area (Å²) >= 11 is 3.50. The number of H-pyrrole nitrogens is 1. The van der Waals surface area contributed by atoms with Crippen LogP contribution in [0.2, 0.25) is 0 Å². The molecule has 0 spiro atoms. The fourth-order valence-corrected chi connectivity index (χ4v) is 4.00. The number of nitrogens with zero attached hydrogens (tertiary/aromatic N) is 5. The van der Waals surface area contributed by atoms with E-state index in [1.807, 2.05) is 29.2 Å². The Morgan fingerprint density at radius 3 is 2.96 bits per heavy atom. The van der Waals surface area contributed by atoms with Crippen LogP contribution in [0.5, 0.6) is 0 Å². The molecular weight excluding hydrogens is 380 g/mol. The summed E-state index contributed by atoms with van der Waals surface area (Å²) < 4.78 is 2.93. The summed E-state index contributed by atoms with van der Waals surface area (Å²) in [5, 5.41) is 5.50. The minimum absolute atomic E-state index is 0.160. The van der Waals surface area contributed by atoms with Crippen LogP contribution in [-0.4, -0.2) is 31.3 Å². The number of aromatic nitrogens is 5. The molecule has 1 aromatic carbocycles. The van der Waals surface area contributed by atoms with E-state index in [9.17, 15) is 0 Å². The van der Waals surface area contributed by atoms with Crippen molar-refractivity contribution in [2.24, 2.45) is 0 Å². The number of hydrogen-bond acceptors (Lipinski definition) is 4. The van der Waals surface area contributed by atoms with E-state index < -0.39 is 0 Å². The van der Waals surface area contributed by atoms with E-state index in [1.165, 1.54) is 11.1 Å². The summed E-state index contributed by atoms with van der Waals surface area (Å²) in [6.45, 7) is 1.64. The molecule has 0 bridgehead atoms. The number of benzene rings is 1. The van der Waals surface area contributed by atoms with Gasteiger partial charge in [0.15, 0.2) is 0 Å². The van der Waals surface area contributed by atoms with E-state index in [2.05, 4.69) is 65.1 Å². The number of fused-ring (bicyclic) bond motifs is 2. The fourth-order valence-electron chi connectivity index (χ4n) is 3.58. The molecule has 3 aromatic heterocycles. The predicted molar refractivity (Wildman–Crippen MR) is 99.4 cm³/mol. The van der Waals surface area contributed by atoms with Gasteiger partial charge in [-0.25, -0.2) is 9.97 Å². The van der Waals surface area contributed by atoms with Crippen molar-refractivity contribution in [2.45, 2.75) is 12.6 Å². The molecule has 5 rings (SSSR count). The van der Waals surface area contributed by atoms with Crippen LogP contribution in [-0.2, 0) is 6.54 Å². The minimum atomic E-state index is 0.160. The summed E-state index contributed by atoms with van der Waals surface area (Å²) in [7, 11) is 0. The third kappa shape index (κ3) is 2.42. The molecule has 7 heteroatoms. The molecule has 1 aliphatic rings. The number of rotatable bonds is 2. The van der Waals surface area contributed by atoms with Crippen molar-refractivity contribution in [3.8, 4) is 0 Å². The van der Waals surface area contributed by atoms with Crippen molar-refractivity contribution in [2.75, 3.05) is 11.4 Å². The Hall–Kier alpha value is -2.67. The maximum atomic E-state index is 4.58. The molecule has 1 atom stereocenters. The molecule has 1 unspecified atom stereocenters. The average molecular weight is 395 g/mol. The lowest BCUT2D eigenvalue weighted by Crippen LogP contribution is -2.37. The highest BCUT2D eigenvalue weighted by molar-refractivity contribution is 9.10. The van der Waals surface area contributed by atoms with Gasteiger partial charge in [0.2, 0.25) is 0 Å². The third-order valence-electron chi connectivity index (χ3n) is 4.68. The first-order valence-corrected chi connectivity index (χ1v) is 8.90. The molecule has 25 heavy (non-hydrogen) atoms. The third-order valence-corrected chi connectivity index (χ3v) is 5.11. The van der Waals surface area contributed by atoms with Gasteiger partial charge >= 0.3 is 0 Å². The molecule has 0 aliphatic carbocycles. The molecular formula is C18H15BrN6. The normalized spacial score (nSPS) is 17.0. The second kappa shape index (κ2) is 5.70. The lowest BCUT2D eigenvalue weighted by atomic mass is 9.95. The van der Waals surface area contributed by atoms with Gasteiger partial charge in [-0.2, -0.15) is 5.10 Å². The maximum absolute atomic E-state index is 4.58. The van der Waals surface area contributed by atoms with E-state index in [0.29, 0.717) is 0 Å². The van der Waals surface area contributed by atoms with Crippen LogP contribution in [0.4, 0.5) is 5.82 Å². The number of anilines is 1. The van der Waals surface area contributed by atoms with Crippen molar-refractivity contribution in [1.29, 1.82) is 0 Å². The van der Waals surface area contributed by atoms with Crippen molar-refractivity contribution in [3.05, 3.63) is 70.8 Å². The summed E-state index contributed by atoms with van der Waals surface area (Å²) in [4.78, 5) is 14.4. The molecule has 0 saturated heterocycles. The molecule has 0 saturated carbocycles. The molecule has 0 amide bonds. The first-order chi connectivity index (χ1) is 12.3. The second-order valence-corrected chi connectivity index (χ2v) is 7.01. The van der Waals surface area contributed by atoms with Gasteiger partial charge in [0.25, 0.3) is 0 Å². The van der Waals surface area contributed by atoms with Crippen molar-refractivity contribution in [1.82, 2.24) is 24.7 Å². The van der Waals surface area contributed by atoms with Crippen LogP contribution in [0.15, 0.2) is 59.7 Å². The first kappa shape index (κ1) is 14.7. The number of halogens is 1. The van der Waals surface area contributed by atoms with E-state index in [4.69, 9.17) is 0 Å². The van der Waals surface area contributed by atoms with Crippen LogP contribution >= 0.6 is 15.9 Å². The molecule has 1 N–H and O–H groups in total. The van der Waals surface area contributed by atoms with Crippen molar-refractivity contribution in [3.63, 3.8) is 0 Å². The van der Waals surface area contributed by atoms with Gasteiger partial charge in [-0.1, -0.05) is 24.3 Å². The van der Waals surface area contributed by atoms with Gasteiger partial charge in [-0.15, -0.1) is 0 Å². The quantitative estimate of drug-likeness (QED) is 0.564. The van der Waals surface area contributed by atoms with Gasteiger partial charge in [0, 0.05) is 25.5 Å². The Balaban J connectivity index is 1.64. The van der Waals surface area contributed by atoms with E-state index in [1.54, 1.807) is 6.33 Å². The Labute approximate surface area is 152 Å². The van der Waals surface area contributed by atoms with Gasteiger partial charge in [0.05, 0.1) is 16.0 Å². The molecule has 4 aromatic rings. The lowest BCUT2D eigenvalue weighted by Gasteiger charge is -2.35. The summed E-state index contributed by atoms with van der Waals surface area (Å²) in [6.07, 6.45) is 5.46. The lowest BCUT2D eigenvalue weighted by molar-refractivity contribution is 0.485. The van der Waals surface area contributed by atoms with Crippen LogP contribution in [0, 0.1) is 0 Å². The van der Waals surface area contributed by atoms with Gasteiger partial charge in [-0.3, -0.25) is 4.68 Å². The summed E-state index contributed by atoms with van der Waals surface area (Å²) in [6, 6.07) is 12.7. The fraction of sp³-hybridized carbons (Fsp3) is 0.167. The zero-order chi connectivity index (χ0) is 16.8. The Morgan fingerprint density at radius 2 is 2.08 bits per heavy atom. The average Bonchev–Trinajstić information content (AvgIpc) is 3.29. The van der Waals surface area contributed by atoms with Crippen molar-refractivity contribution < 1.29 is 0 Å². The minimum Gasteiger partial charge on any atom is -0.349 e. The SMILES string of the molecule is Brc1cc2c(N3Cc4ccccc4C(n4cccn4)C3)ncnc2[nH]1. The Kier molecular flexibility index (Phi) is 3.34. The molecule has 1 aliphatic heterocycles. The van der Waals surface area contributed by atoms with Crippen LogP contribution in [0.25, 0.3) is 11.0 Å². The molecule has 0 radical (unpaired) electrons. The summed E-state index contributed by atoms with van der Waals surface area (Å²) in [5.41, 5.74) is 3.46. The van der Waals surface area contributed by atoms with Gasteiger partial charge in [-0.05, 0) is 39.2 Å². The van der Waals surface area contributed by atoms with E-state index >= 15 is 0 Å². The molecule has 124 valence electrons. The standard InChI is InChI=1S/C18H15BrN6/c19-16-8-14-17(23-16)20-11-21-18(14)24-9-12-4-1-2-5-13(12)15(10-24)25-7-3-6-22-25/h1-8,11,15H,9-10H2,(H,20,21,23). The predicted octanol–water partition coefficient (Wildman–Crippen LogP) is 3.53. The van der Waals surface area contributed by atoms with Gasteiger partial charge < -0.3 is 9.88 Å². The molecule has 4 heterocycles. The Morgan fingerprint density at radius 1 is 1.16 bits per heavy atom. The smallest absolute Gasteiger partial charge is 0.143 e. The highest BCUT2D eigenvalue weighted by Gasteiger charge is 2.28. The largest absolute Gasteiger partial charge is 0.349 e. The Bertz CT molecular complexity index is 1040. The molecule has 0 fully saturated rings. The maximum Gasteiger partial charge on any atom is 0.143 e. The van der Waals surface area contributed by atoms with Crippen LogP contribution in [0.3, 0.4) is 0 Å². The van der Waals surface area contributed by atoms with E-state index in [0.717, 1.165) is 34.5 Å². The second-order valence-electron chi connectivity index (χ2n) is 6.16. The highest BCUT2D eigenvalue weighted by Crippen LogP contribution is 2.34. The number of hydrogen-bond donors (Lipinski definition) is 1. The first-order valence-electron chi connectivity index (χ1n) is 8.11. The van der Waals surface area contributed by atoms with Crippen LogP contribution < -0.4 is 4.90 Å².